The summed E-state index contributed by atoms with van der Waals surface area (Å²) in [5.41, 5.74) is -0.724. The van der Waals surface area contributed by atoms with Crippen LogP contribution in [0.25, 0.3) is 0 Å². The number of nitrogens with zero attached hydrogens (tertiary/aromatic N) is 5. The van der Waals surface area contributed by atoms with Crippen molar-refractivity contribution in [3.8, 4) is 0 Å². The summed E-state index contributed by atoms with van der Waals surface area (Å²) in [6.45, 7) is -0.444. The summed E-state index contributed by atoms with van der Waals surface area (Å²) in [7, 11) is 0. The lowest BCUT2D eigenvalue weighted by molar-refractivity contribution is -0.385. The number of rotatable bonds is 7. The van der Waals surface area contributed by atoms with Crippen molar-refractivity contribution in [3.05, 3.63) is 69.8 Å². The van der Waals surface area contributed by atoms with Gasteiger partial charge in [0.1, 0.15) is 18.2 Å². The van der Waals surface area contributed by atoms with E-state index in [4.69, 9.17) is 0 Å². The molecule has 0 saturated carbocycles. The molecule has 0 atom stereocenters. The molecule has 0 aliphatic heterocycles. The number of nitro groups is 1. The largest absolute Gasteiger partial charge is 0.323 e. The minimum Gasteiger partial charge on any atom is -0.323 e. The van der Waals surface area contributed by atoms with Crippen molar-refractivity contribution in [3.63, 3.8) is 0 Å². The van der Waals surface area contributed by atoms with Gasteiger partial charge in [-0.05, 0) is 0 Å². The Hall–Kier alpha value is -3.77. The number of hydrogen-bond donors (Lipinski definition) is 1. The van der Waals surface area contributed by atoms with Crippen LogP contribution in [0.2, 0.25) is 0 Å². The predicted octanol–water partition coefficient (Wildman–Crippen LogP) is 2.62. The van der Waals surface area contributed by atoms with Crippen molar-refractivity contribution in [2.45, 2.75) is 19.5 Å². The van der Waals surface area contributed by atoms with E-state index < -0.39 is 46.2 Å². The Balaban J connectivity index is 1.59. The summed E-state index contributed by atoms with van der Waals surface area (Å²) in [6.07, 6.45) is 4.62. The molecule has 1 aromatic carbocycles. The molecule has 0 spiro atoms. The molecule has 3 rings (SSSR count). The summed E-state index contributed by atoms with van der Waals surface area (Å²) < 4.78 is 55.9. The van der Waals surface area contributed by atoms with Gasteiger partial charge in [-0.3, -0.25) is 24.3 Å². The highest BCUT2D eigenvalue weighted by Gasteiger charge is 2.19. The summed E-state index contributed by atoms with van der Waals surface area (Å²) >= 11 is 0. The van der Waals surface area contributed by atoms with Gasteiger partial charge in [0, 0.05) is 30.8 Å². The van der Waals surface area contributed by atoms with E-state index in [-0.39, 0.29) is 30.4 Å². The second-order valence-electron chi connectivity index (χ2n) is 5.89. The number of aryl methyl sites for hydroxylation is 1. The van der Waals surface area contributed by atoms with Gasteiger partial charge in [-0.2, -0.15) is 10.2 Å². The van der Waals surface area contributed by atoms with Crippen LogP contribution in [0.3, 0.4) is 0 Å². The van der Waals surface area contributed by atoms with Crippen LogP contribution in [0.15, 0.2) is 30.9 Å². The number of carbonyl (C=O) groups is 1. The molecule has 0 fully saturated rings. The van der Waals surface area contributed by atoms with Gasteiger partial charge in [0.2, 0.25) is 5.91 Å². The fraction of sp³-hybridized carbons (Fsp3) is 0.188. The average molecular weight is 412 g/mol. The van der Waals surface area contributed by atoms with Crippen LogP contribution in [0, 0.1) is 33.4 Å². The van der Waals surface area contributed by atoms with Gasteiger partial charge in [-0.25, -0.2) is 17.6 Å². The van der Waals surface area contributed by atoms with Crippen molar-refractivity contribution >= 4 is 17.3 Å². The standard InChI is InChI=1S/C16H12F4N6O3/c17-12-3-13(18)16(20)15(19)11(12)8-25-6-9(4-21-25)23-14(27)1-2-24-7-10(5-22-24)26(28)29/h3-7H,1-2,8H2,(H,23,27). The maximum Gasteiger partial charge on any atom is 0.306 e. The average Bonchev–Trinajstić information content (AvgIpc) is 3.31. The number of nitrogens with one attached hydrogen (secondary N) is 1. The molecule has 13 heteroatoms. The Morgan fingerprint density at radius 1 is 1.07 bits per heavy atom. The molecule has 2 heterocycles. The number of benzene rings is 1. The number of hydrogen-bond acceptors (Lipinski definition) is 5. The Morgan fingerprint density at radius 2 is 1.79 bits per heavy atom. The van der Waals surface area contributed by atoms with E-state index in [1.54, 1.807) is 0 Å². The molecule has 0 radical (unpaired) electrons. The quantitative estimate of drug-likeness (QED) is 0.211. The highest BCUT2D eigenvalue weighted by atomic mass is 19.2. The SMILES string of the molecule is O=C(CCn1cc([N+](=O)[O-])cn1)Nc1cnn(Cc2c(F)cc(F)c(F)c2F)c1. The molecular formula is C16H12F4N6O3. The zero-order valence-electron chi connectivity index (χ0n) is 14.5. The molecule has 0 unspecified atom stereocenters. The molecular weight excluding hydrogens is 400 g/mol. The molecule has 0 bridgehead atoms. The molecule has 1 N–H and O–H groups in total. The lowest BCUT2D eigenvalue weighted by Crippen LogP contribution is -2.14. The molecule has 1 amide bonds. The van der Waals surface area contributed by atoms with E-state index in [1.165, 1.54) is 23.3 Å². The Labute approximate surface area is 159 Å². The fourth-order valence-corrected chi connectivity index (χ4v) is 2.43. The van der Waals surface area contributed by atoms with E-state index in [9.17, 15) is 32.5 Å². The zero-order chi connectivity index (χ0) is 21.1. The van der Waals surface area contributed by atoms with Gasteiger partial charge in [-0.15, -0.1) is 0 Å². The normalized spacial score (nSPS) is 10.9. The number of halogens is 4. The third kappa shape index (κ3) is 4.56. The second-order valence-corrected chi connectivity index (χ2v) is 5.89. The number of aromatic nitrogens is 4. The van der Waals surface area contributed by atoms with Crippen LogP contribution in [0.4, 0.5) is 28.9 Å². The van der Waals surface area contributed by atoms with E-state index in [0.29, 0.717) is 0 Å². The smallest absolute Gasteiger partial charge is 0.306 e. The molecule has 29 heavy (non-hydrogen) atoms. The maximum atomic E-state index is 13.7. The van der Waals surface area contributed by atoms with Crippen LogP contribution < -0.4 is 5.32 Å². The Morgan fingerprint density at radius 3 is 2.48 bits per heavy atom. The summed E-state index contributed by atoms with van der Waals surface area (Å²) in [6, 6.07) is 0.236. The third-order valence-corrected chi connectivity index (χ3v) is 3.84. The van der Waals surface area contributed by atoms with Crippen molar-refractivity contribution in [1.29, 1.82) is 0 Å². The van der Waals surface area contributed by atoms with Gasteiger partial charge in [-0.1, -0.05) is 0 Å². The van der Waals surface area contributed by atoms with Gasteiger partial charge in [0.25, 0.3) is 0 Å². The topological polar surface area (TPSA) is 108 Å². The lowest BCUT2D eigenvalue weighted by Gasteiger charge is -2.07. The van der Waals surface area contributed by atoms with Crippen molar-refractivity contribution in [1.82, 2.24) is 19.6 Å². The summed E-state index contributed by atoms with van der Waals surface area (Å²) in [5.74, 6) is -6.82. The van der Waals surface area contributed by atoms with Crippen LogP contribution in [0.1, 0.15) is 12.0 Å². The van der Waals surface area contributed by atoms with E-state index in [1.807, 2.05) is 0 Å². The molecule has 3 aromatic rings. The first-order chi connectivity index (χ1) is 13.7. The Bertz CT molecular complexity index is 1080. The predicted molar refractivity (Wildman–Crippen MR) is 89.7 cm³/mol. The van der Waals surface area contributed by atoms with Crippen molar-refractivity contribution < 1.29 is 27.3 Å². The molecule has 0 saturated heterocycles. The zero-order valence-corrected chi connectivity index (χ0v) is 14.5. The number of amides is 1. The lowest BCUT2D eigenvalue weighted by atomic mass is 10.2. The minimum atomic E-state index is -1.79. The monoisotopic (exact) mass is 412 g/mol. The van der Waals surface area contributed by atoms with Crippen LogP contribution in [-0.2, 0) is 17.9 Å². The summed E-state index contributed by atoms with van der Waals surface area (Å²) in [4.78, 5) is 21.9. The number of carbonyl (C=O) groups excluding carboxylic acids is 1. The molecule has 152 valence electrons. The molecule has 0 aliphatic carbocycles. The van der Waals surface area contributed by atoms with Gasteiger partial charge < -0.3 is 5.32 Å². The second kappa shape index (κ2) is 8.08. The molecule has 2 aromatic heterocycles. The van der Waals surface area contributed by atoms with Gasteiger partial charge in [0.05, 0.1) is 23.4 Å². The molecule has 9 nitrogen and oxygen atoms in total. The maximum absolute atomic E-state index is 13.7. The fourth-order valence-electron chi connectivity index (χ4n) is 2.43. The highest BCUT2D eigenvalue weighted by molar-refractivity contribution is 5.90. The number of anilines is 1. The van der Waals surface area contributed by atoms with Crippen LogP contribution >= 0.6 is 0 Å². The van der Waals surface area contributed by atoms with Crippen LogP contribution in [-0.4, -0.2) is 30.4 Å². The first-order valence-corrected chi connectivity index (χ1v) is 8.05. The third-order valence-electron chi connectivity index (χ3n) is 3.84. The summed E-state index contributed by atoms with van der Waals surface area (Å²) in [5, 5.41) is 20.6. The van der Waals surface area contributed by atoms with Crippen molar-refractivity contribution in [2.75, 3.05) is 5.32 Å². The van der Waals surface area contributed by atoms with E-state index >= 15 is 0 Å². The molecule has 0 aliphatic rings. The Kier molecular flexibility index (Phi) is 5.57. The van der Waals surface area contributed by atoms with Gasteiger partial charge in [0.15, 0.2) is 17.5 Å². The van der Waals surface area contributed by atoms with Crippen molar-refractivity contribution in [2.24, 2.45) is 0 Å². The van der Waals surface area contributed by atoms with Gasteiger partial charge >= 0.3 is 5.69 Å². The first kappa shape index (κ1) is 20.0. The van der Waals surface area contributed by atoms with E-state index in [0.717, 1.165) is 10.9 Å². The minimum absolute atomic E-state index is 0.0591. The van der Waals surface area contributed by atoms with Crippen LogP contribution in [0.5, 0.6) is 0 Å². The highest BCUT2D eigenvalue weighted by Crippen LogP contribution is 2.20. The first-order valence-electron chi connectivity index (χ1n) is 8.05. The van der Waals surface area contributed by atoms with E-state index in [2.05, 4.69) is 15.5 Å².